The number of hydrogen-bond donors (Lipinski definition) is 0. The topological polar surface area (TPSA) is 78.9 Å². The van der Waals surface area contributed by atoms with Gasteiger partial charge in [-0.15, -0.1) is 0 Å². The monoisotopic (exact) mass is 981 g/mol. The molecule has 0 saturated carbocycles. The van der Waals surface area contributed by atoms with Gasteiger partial charge in [-0.25, -0.2) is 0 Å². The van der Waals surface area contributed by atoms with E-state index in [1.165, 1.54) is 77.0 Å². The Morgan fingerprint density at radius 2 is 0.577 bits per heavy atom. The summed E-state index contributed by atoms with van der Waals surface area (Å²) in [6.45, 7) is 6.32. The van der Waals surface area contributed by atoms with Crippen LogP contribution in [-0.2, 0) is 28.6 Å². The fraction of sp³-hybridized carbons (Fsp3) is 0.615. The van der Waals surface area contributed by atoms with Crippen LogP contribution in [-0.4, -0.2) is 37.2 Å². The Balaban J connectivity index is 4.58. The molecule has 0 fully saturated rings. The van der Waals surface area contributed by atoms with Gasteiger partial charge in [0.05, 0.1) is 0 Å². The average molecular weight is 982 g/mol. The van der Waals surface area contributed by atoms with Gasteiger partial charge in [0.15, 0.2) is 6.10 Å². The van der Waals surface area contributed by atoms with Gasteiger partial charge < -0.3 is 14.2 Å². The maximum atomic E-state index is 12.9. The molecule has 0 radical (unpaired) electrons. The second kappa shape index (κ2) is 58.1. The molecule has 0 heterocycles. The van der Waals surface area contributed by atoms with Crippen LogP contribution in [0.2, 0.25) is 0 Å². The molecule has 0 rings (SSSR count). The summed E-state index contributed by atoms with van der Waals surface area (Å²) < 4.78 is 16.8. The minimum Gasteiger partial charge on any atom is -0.462 e. The van der Waals surface area contributed by atoms with Crippen LogP contribution in [0.15, 0.2) is 134 Å². The van der Waals surface area contributed by atoms with E-state index in [1.54, 1.807) is 0 Å². The molecule has 0 saturated heterocycles. The van der Waals surface area contributed by atoms with Gasteiger partial charge in [-0.3, -0.25) is 14.4 Å². The highest BCUT2D eigenvalue weighted by Crippen LogP contribution is 2.15. The Morgan fingerprint density at radius 1 is 0.296 bits per heavy atom. The minimum absolute atomic E-state index is 0.117. The third kappa shape index (κ3) is 56.3. The van der Waals surface area contributed by atoms with Crippen LogP contribution in [0.3, 0.4) is 0 Å². The highest BCUT2D eigenvalue weighted by atomic mass is 16.6. The summed E-state index contributed by atoms with van der Waals surface area (Å²) in [5.41, 5.74) is 0. The number of unbranched alkanes of at least 4 members (excludes halogenated alkanes) is 17. The molecule has 6 heteroatoms. The number of esters is 3. The molecule has 0 aromatic carbocycles. The van der Waals surface area contributed by atoms with Crippen molar-refractivity contribution < 1.29 is 28.6 Å². The lowest BCUT2D eigenvalue weighted by Crippen LogP contribution is -2.30. The van der Waals surface area contributed by atoms with Crippen molar-refractivity contribution in [3.8, 4) is 0 Å². The number of hydrogen-bond acceptors (Lipinski definition) is 6. The van der Waals surface area contributed by atoms with E-state index < -0.39 is 6.10 Å². The fourth-order valence-electron chi connectivity index (χ4n) is 7.44. The van der Waals surface area contributed by atoms with E-state index in [2.05, 4.69) is 142 Å². The Kier molecular flexibility index (Phi) is 54.5. The molecule has 0 spiro atoms. The van der Waals surface area contributed by atoms with Gasteiger partial charge in [0.1, 0.15) is 13.2 Å². The van der Waals surface area contributed by atoms with E-state index in [1.807, 2.05) is 12.2 Å². The standard InChI is InChI=1S/C65H104O6/c1-4-7-10-13-16-19-22-25-28-30-32-34-37-40-43-46-49-52-55-58-64(67)70-61-62(60-69-63(66)57-54-51-48-45-42-39-36-27-24-21-18-15-12-9-6-3)71-65(68)59-56-53-50-47-44-41-38-35-33-31-29-26-23-20-17-14-11-8-5-2/h7-8,10-11,16-17,19-20,25-26,28-29,32-35,40-41,43-44,49,52,62H,4-6,9,12-15,18,21-24,27,30-31,36-39,42,45-48,50-51,53-61H2,1-3H3/b10-7-,11-8-,19-16-,20-17-,28-25-,29-26-,34-32-,35-33-,43-40-,44-41-,52-49-. The SMILES string of the molecule is CC/C=C\C/C=C\C/C=C\C/C=C\C/C=C\C/C=C\CCC(=O)OCC(COC(=O)CCCCCCCCCCCCCCCCC)OC(=O)CCCCC/C=C\C/C=C\C/C=C\C/C=C\C/C=C\CC. The second-order valence-corrected chi connectivity index (χ2v) is 18.4. The summed E-state index contributed by atoms with van der Waals surface area (Å²) in [5, 5.41) is 0. The second-order valence-electron chi connectivity index (χ2n) is 18.4. The predicted octanol–water partition coefficient (Wildman–Crippen LogP) is 19.4. The van der Waals surface area contributed by atoms with Gasteiger partial charge in [-0.05, 0) is 103 Å². The van der Waals surface area contributed by atoms with Crippen LogP contribution in [0.4, 0.5) is 0 Å². The summed E-state index contributed by atoms with van der Waals surface area (Å²) in [4.78, 5) is 38.1. The molecule has 400 valence electrons. The molecule has 0 aromatic rings. The van der Waals surface area contributed by atoms with Gasteiger partial charge in [0, 0.05) is 19.3 Å². The lowest BCUT2D eigenvalue weighted by atomic mass is 10.0. The first-order chi connectivity index (χ1) is 35.0. The smallest absolute Gasteiger partial charge is 0.306 e. The van der Waals surface area contributed by atoms with Crippen molar-refractivity contribution in [3.63, 3.8) is 0 Å². The minimum atomic E-state index is -0.830. The highest BCUT2D eigenvalue weighted by molar-refractivity contribution is 5.71. The van der Waals surface area contributed by atoms with E-state index in [-0.39, 0.29) is 44.0 Å². The zero-order chi connectivity index (χ0) is 51.4. The van der Waals surface area contributed by atoms with Crippen LogP contribution >= 0.6 is 0 Å². The van der Waals surface area contributed by atoms with Crippen LogP contribution < -0.4 is 0 Å². The number of carbonyl (C=O) groups is 3. The van der Waals surface area contributed by atoms with Crippen LogP contribution in [0, 0.1) is 0 Å². The maximum Gasteiger partial charge on any atom is 0.306 e. The Hall–Kier alpha value is -4.45. The number of carbonyl (C=O) groups excluding carboxylic acids is 3. The molecular formula is C65H104O6. The van der Waals surface area contributed by atoms with Crippen LogP contribution in [0.25, 0.3) is 0 Å². The van der Waals surface area contributed by atoms with E-state index in [9.17, 15) is 14.4 Å². The van der Waals surface area contributed by atoms with E-state index >= 15 is 0 Å². The summed E-state index contributed by atoms with van der Waals surface area (Å²) in [6, 6.07) is 0. The molecule has 71 heavy (non-hydrogen) atoms. The Morgan fingerprint density at radius 3 is 0.944 bits per heavy atom. The normalized spacial score (nSPS) is 13.1. The molecular weight excluding hydrogens is 877 g/mol. The van der Waals surface area contributed by atoms with E-state index in [0.29, 0.717) is 19.3 Å². The lowest BCUT2D eigenvalue weighted by molar-refractivity contribution is -0.166. The lowest BCUT2D eigenvalue weighted by Gasteiger charge is -2.18. The molecule has 0 aliphatic heterocycles. The van der Waals surface area contributed by atoms with Crippen molar-refractivity contribution in [2.45, 2.75) is 245 Å². The van der Waals surface area contributed by atoms with E-state index in [0.717, 1.165) is 109 Å². The zero-order valence-corrected chi connectivity index (χ0v) is 45.7. The van der Waals surface area contributed by atoms with Crippen molar-refractivity contribution in [1.82, 2.24) is 0 Å². The Labute approximate surface area is 436 Å². The molecule has 0 N–H and O–H groups in total. The molecule has 0 aliphatic rings. The molecule has 0 aromatic heterocycles. The molecule has 1 atom stereocenters. The van der Waals surface area contributed by atoms with Crippen molar-refractivity contribution in [2.24, 2.45) is 0 Å². The third-order valence-electron chi connectivity index (χ3n) is 11.7. The molecule has 6 nitrogen and oxygen atoms in total. The summed E-state index contributed by atoms with van der Waals surface area (Å²) >= 11 is 0. The number of rotatable bonds is 50. The molecule has 0 amide bonds. The van der Waals surface area contributed by atoms with Crippen molar-refractivity contribution >= 4 is 17.9 Å². The predicted molar refractivity (Wildman–Crippen MR) is 306 cm³/mol. The zero-order valence-electron chi connectivity index (χ0n) is 45.7. The molecule has 1 unspecified atom stereocenters. The highest BCUT2D eigenvalue weighted by Gasteiger charge is 2.19. The average Bonchev–Trinajstić information content (AvgIpc) is 3.37. The van der Waals surface area contributed by atoms with E-state index in [4.69, 9.17) is 14.2 Å². The van der Waals surface area contributed by atoms with Gasteiger partial charge in [0.2, 0.25) is 0 Å². The maximum absolute atomic E-state index is 12.9. The number of allylic oxidation sites excluding steroid dienone is 22. The summed E-state index contributed by atoms with van der Waals surface area (Å²) in [7, 11) is 0. The quantitative estimate of drug-likeness (QED) is 0.0262. The van der Waals surface area contributed by atoms with Gasteiger partial charge in [-0.1, -0.05) is 251 Å². The molecule has 0 bridgehead atoms. The fourth-order valence-corrected chi connectivity index (χ4v) is 7.44. The first kappa shape index (κ1) is 66.6. The first-order valence-corrected chi connectivity index (χ1v) is 28.7. The Bertz CT molecular complexity index is 1550. The van der Waals surface area contributed by atoms with Gasteiger partial charge >= 0.3 is 17.9 Å². The van der Waals surface area contributed by atoms with Crippen molar-refractivity contribution in [1.29, 1.82) is 0 Å². The van der Waals surface area contributed by atoms with Gasteiger partial charge in [-0.2, -0.15) is 0 Å². The van der Waals surface area contributed by atoms with Crippen molar-refractivity contribution in [3.05, 3.63) is 134 Å². The first-order valence-electron chi connectivity index (χ1n) is 28.7. The van der Waals surface area contributed by atoms with Crippen molar-refractivity contribution in [2.75, 3.05) is 13.2 Å². The van der Waals surface area contributed by atoms with Gasteiger partial charge in [0.25, 0.3) is 0 Å². The molecule has 0 aliphatic carbocycles. The largest absolute Gasteiger partial charge is 0.462 e. The number of ether oxygens (including phenoxy) is 3. The van der Waals surface area contributed by atoms with Crippen LogP contribution in [0.1, 0.15) is 239 Å². The van der Waals surface area contributed by atoms with Crippen LogP contribution in [0.5, 0.6) is 0 Å². The summed E-state index contributed by atoms with van der Waals surface area (Å²) in [5.74, 6) is -1.04. The third-order valence-corrected chi connectivity index (χ3v) is 11.7. The summed E-state index contributed by atoms with van der Waals surface area (Å²) in [6.07, 6.45) is 81.6.